The molecular weight excluding hydrogens is 352 g/mol. The Balaban J connectivity index is 1.79. The Morgan fingerprint density at radius 2 is 1.82 bits per heavy atom. The minimum Gasteiger partial charge on any atom is -0.381 e. The number of nitrogens with one attached hydrogen (secondary N) is 1. The Bertz CT molecular complexity index is 807. The maximum absolute atomic E-state index is 13.0. The number of carbonyl (C=O) groups is 2. The Morgan fingerprint density at radius 1 is 1.18 bits per heavy atom. The number of rotatable bonds is 6. The van der Waals surface area contributed by atoms with E-state index in [2.05, 4.69) is 16.8 Å². The van der Waals surface area contributed by atoms with E-state index in [1.807, 2.05) is 19.9 Å². The fourth-order valence-electron chi connectivity index (χ4n) is 3.76. The molecule has 0 aromatic heterocycles. The molecule has 0 radical (unpaired) electrons. The molecule has 2 fully saturated rings. The average Bonchev–Trinajstić information content (AvgIpc) is 2.70. The van der Waals surface area contributed by atoms with Crippen molar-refractivity contribution >= 4 is 17.9 Å². The molecule has 0 aliphatic carbocycles. The molecule has 1 aromatic rings. The molecule has 2 heterocycles. The number of aldehydes is 1. The fourth-order valence-corrected chi connectivity index (χ4v) is 3.76. The second-order valence-corrected chi connectivity index (χ2v) is 7.75. The Labute approximate surface area is 166 Å². The second kappa shape index (κ2) is 8.57. The maximum Gasteiger partial charge on any atom is 0.257 e. The van der Waals surface area contributed by atoms with Crippen LogP contribution in [0.1, 0.15) is 37.0 Å². The molecule has 2 aliphatic heterocycles. The molecule has 0 atom stereocenters. The molecule has 148 valence electrons. The third-order valence-corrected chi connectivity index (χ3v) is 5.71. The van der Waals surface area contributed by atoms with Crippen molar-refractivity contribution in [3.05, 3.63) is 65.4 Å². The molecule has 2 saturated heterocycles. The van der Waals surface area contributed by atoms with Crippen LogP contribution in [-0.4, -0.2) is 43.4 Å². The summed E-state index contributed by atoms with van der Waals surface area (Å²) < 4.78 is 5.50. The number of amides is 1. The molecule has 3 rings (SSSR count). The lowest BCUT2D eigenvalue weighted by Crippen LogP contribution is -2.57. The van der Waals surface area contributed by atoms with Gasteiger partial charge in [0.05, 0.1) is 5.57 Å². The summed E-state index contributed by atoms with van der Waals surface area (Å²) in [6.45, 7) is 11.3. The van der Waals surface area contributed by atoms with Crippen molar-refractivity contribution in [2.45, 2.75) is 26.7 Å². The van der Waals surface area contributed by atoms with Gasteiger partial charge in [-0.1, -0.05) is 18.2 Å². The van der Waals surface area contributed by atoms with Crippen molar-refractivity contribution in [2.75, 3.05) is 31.6 Å². The van der Waals surface area contributed by atoms with E-state index < -0.39 is 0 Å². The van der Waals surface area contributed by atoms with Crippen LogP contribution in [0.15, 0.2) is 59.8 Å². The van der Waals surface area contributed by atoms with Crippen molar-refractivity contribution in [1.82, 2.24) is 4.90 Å². The lowest BCUT2D eigenvalue weighted by atomic mass is 9.73. The zero-order valence-electron chi connectivity index (χ0n) is 16.7. The molecule has 2 aliphatic rings. The summed E-state index contributed by atoms with van der Waals surface area (Å²) in [6, 6.07) is 6.85. The minimum atomic E-state index is -0.162. The molecule has 5 heteroatoms. The van der Waals surface area contributed by atoms with Crippen LogP contribution in [0.4, 0.5) is 5.69 Å². The van der Waals surface area contributed by atoms with E-state index in [0.717, 1.165) is 56.7 Å². The normalized spacial score (nSPS) is 19.5. The van der Waals surface area contributed by atoms with Crippen molar-refractivity contribution in [1.29, 1.82) is 0 Å². The van der Waals surface area contributed by atoms with Gasteiger partial charge in [-0.25, -0.2) is 0 Å². The number of hydrogen-bond donors (Lipinski definition) is 1. The highest BCUT2D eigenvalue weighted by molar-refractivity contribution is 6.06. The van der Waals surface area contributed by atoms with Crippen molar-refractivity contribution < 1.29 is 14.3 Å². The van der Waals surface area contributed by atoms with Crippen molar-refractivity contribution in [3.63, 3.8) is 0 Å². The quantitative estimate of drug-likeness (QED) is 0.461. The highest BCUT2D eigenvalue weighted by Gasteiger charge is 2.44. The van der Waals surface area contributed by atoms with Crippen LogP contribution in [-0.2, 0) is 9.53 Å². The molecule has 0 unspecified atom stereocenters. The summed E-state index contributed by atoms with van der Waals surface area (Å²) in [5.41, 5.74) is 4.12. The lowest BCUT2D eigenvalue weighted by Gasteiger charge is -2.54. The lowest BCUT2D eigenvalue weighted by molar-refractivity contribution is -0.113. The topological polar surface area (TPSA) is 58.6 Å². The number of allylic oxidation sites excluding steroid dienone is 3. The summed E-state index contributed by atoms with van der Waals surface area (Å²) in [4.78, 5) is 26.1. The molecule has 28 heavy (non-hydrogen) atoms. The molecule has 5 nitrogen and oxygen atoms in total. The SMILES string of the molecule is C=C/C(C)=C\C(C(=O)Nc1ccc(C=O)cc1)=C(/C)N1CC2(CCOCC2)C1. The van der Waals surface area contributed by atoms with E-state index in [1.54, 1.807) is 30.3 Å². The number of benzene rings is 1. The van der Waals surface area contributed by atoms with E-state index >= 15 is 0 Å². The minimum absolute atomic E-state index is 0.162. The molecular formula is C23H28N2O3. The number of ether oxygens (including phenoxy) is 1. The standard InChI is InChI=1S/C23H28N2O3/c1-4-17(2)13-21(22(27)24-20-7-5-19(14-26)6-8-20)18(3)25-15-23(16-25)9-11-28-12-10-23/h4-8,13-14H,1,9-12,15-16H2,2-3H3,(H,24,27)/b17-13-,21-18-. The van der Waals surface area contributed by atoms with Crippen LogP contribution in [0.5, 0.6) is 0 Å². The average molecular weight is 380 g/mol. The van der Waals surface area contributed by atoms with Gasteiger partial charge in [0.25, 0.3) is 5.91 Å². The zero-order chi connectivity index (χ0) is 20.1. The van der Waals surface area contributed by atoms with Gasteiger partial charge in [-0.05, 0) is 57.0 Å². The molecule has 1 amide bonds. The predicted molar refractivity (Wildman–Crippen MR) is 111 cm³/mol. The van der Waals surface area contributed by atoms with E-state index in [4.69, 9.17) is 4.74 Å². The van der Waals surface area contributed by atoms with Gasteiger partial charge in [-0.2, -0.15) is 0 Å². The van der Waals surface area contributed by atoms with Crippen LogP contribution in [0.25, 0.3) is 0 Å². The van der Waals surface area contributed by atoms with Gasteiger partial charge in [-0.15, -0.1) is 0 Å². The first-order valence-corrected chi connectivity index (χ1v) is 9.67. The van der Waals surface area contributed by atoms with Crippen molar-refractivity contribution in [3.8, 4) is 0 Å². The maximum atomic E-state index is 13.0. The molecule has 1 aromatic carbocycles. The summed E-state index contributed by atoms with van der Waals surface area (Å²) in [5.74, 6) is -0.162. The number of nitrogens with zero attached hydrogens (tertiary/aromatic N) is 1. The smallest absolute Gasteiger partial charge is 0.257 e. The van der Waals surface area contributed by atoms with Gasteiger partial charge in [0.15, 0.2) is 0 Å². The number of carbonyl (C=O) groups excluding carboxylic acids is 2. The first-order chi connectivity index (χ1) is 13.5. The molecule has 1 spiro atoms. The Morgan fingerprint density at radius 3 is 2.39 bits per heavy atom. The highest BCUT2D eigenvalue weighted by Crippen LogP contribution is 2.42. The third kappa shape index (κ3) is 4.42. The van der Waals surface area contributed by atoms with Gasteiger partial charge in [0.1, 0.15) is 6.29 Å². The summed E-state index contributed by atoms with van der Waals surface area (Å²) in [7, 11) is 0. The first-order valence-electron chi connectivity index (χ1n) is 9.67. The number of hydrogen-bond acceptors (Lipinski definition) is 4. The first kappa shape index (κ1) is 20.1. The molecule has 1 N–H and O–H groups in total. The van der Waals surface area contributed by atoms with Gasteiger partial charge in [0, 0.05) is 48.7 Å². The summed E-state index contributed by atoms with van der Waals surface area (Å²) >= 11 is 0. The zero-order valence-corrected chi connectivity index (χ0v) is 16.7. The largest absolute Gasteiger partial charge is 0.381 e. The fraction of sp³-hybridized carbons (Fsp3) is 0.391. The van der Waals surface area contributed by atoms with Crippen LogP contribution < -0.4 is 5.32 Å². The summed E-state index contributed by atoms with van der Waals surface area (Å²) in [6.07, 6.45) is 6.58. The van der Waals surface area contributed by atoms with Gasteiger partial charge in [-0.3, -0.25) is 9.59 Å². The van der Waals surface area contributed by atoms with E-state index in [9.17, 15) is 9.59 Å². The summed E-state index contributed by atoms with van der Waals surface area (Å²) in [5, 5.41) is 2.94. The predicted octanol–water partition coefficient (Wildman–Crippen LogP) is 3.96. The third-order valence-electron chi connectivity index (χ3n) is 5.71. The highest BCUT2D eigenvalue weighted by atomic mass is 16.5. The van der Waals surface area contributed by atoms with Crippen LogP contribution in [0.3, 0.4) is 0 Å². The van der Waals surface area contributed by atoms with Gasteiger partial charge in [0.2, 0.25) is 0 Å². The Kier molecular flexibility index (Phi) is 6.15. The monoisotopic (exact) mass is 380 g/mol. The van der Waals surface area contributed by atoms with Gasteiger partial charge >= 0.3 is 0 Å². The van der Waals surface area contributed by atoms with E-state index in [-0.39, 0.29) is 5.91 Å². The number of likely N-dealkylation sites (tertiary alicyclic amines) is 1. The van der Waals surface area contributed by atoms with E-state index in [0.29, 0.717) is 22.2 Å². The van der Waals surface area contributed by atoms with Gasteiger partial charge < -0.3 is 15.0 Å². The Hall–Kier alpha value is -2.66. The second-order valence-electron chi connectivity index (χ2n) is 7.75. The van der Waals surface area contributed by atoms with Crippen LogP contribution in [0.2, 0.25) is 0 Å². The number of anilines is 1. The molecule has 0 bridgehead atoms. The van der Waals surface area contributed by atoms with E-state index in [1.165, 1.54) is 0 Å². The van der Waals surface area contributed by atoms with Crippen molar-refractivity contribution in [2.24, 2.45) is 5.41 Å². The molecule has 0 saturated carbocycles. The van der Waals surface area contributed by atoms with Crippen LogP contribution >= 0.6 is 0 Å². The van der Waals surface area contributed by atoms with Crippen LogP contribution in [0, 0.1) is 5.41 Å².